The summed E-state index contributed by atoms with van der Waals surface area (Å²) in [7, 11) is -2.06. The van der Waals surface area contributed by atoms with Gasteiger partial charge in [-0.2, -0.15) is 0 Å². The van der Waals surface area contributed by atoms with Gasteiger partial charge < -0.3 is 9.47 Å². The number of hydrogen-bond donors (Lipinski definition) is 1. The number of allylic oxidation sites excluding steroid dienone is 1. The van der Waals surface area contributed by atoms with Crippen molar-refractivity contribution in [2.75, 3.05) is 20.3 Å². The van der Waals surface area contributed by atoms with Crippen LogP contribution in [0.1, 0.15) is 40.5 Å². The Morgan fingerprint density at radius 1 is 1.24 bits per heavy atom. The summed E-state index contributed by atoms with van der Waals surface area (Å²) in [5, 5.41) is 0. The fourth-order valence-electron chi connectivity index (χ4n) is 3.97. The first-order chi connectivity index (χ1) is 13.7. The highest BCUT2D eigenvalue weighted by Gasteiger charge is 2.33. The van der Waals surface area contributed by atoms with Crippen LogP contribution in [-0.4, -0.2) is 34.6 Å². The molecule has 0 spiro atoms. The molecule has 3 atom stereocenters. The minimum absolute atomic E-state index is 0.0847. The van der Waals surface area contributed by atoms with Gasteiger partial charge in [0.1, 0.15) is 5.75 Å². The normalized spacial score (nSPS) is 22.3. The van der Waals surface area contributed by atoms with Crippen molar-refractivity contribution in [1.29, 1.82) is 0 Å². The smallest absolute Gasteiger partial charge is 0.306 e. The average molecular weight is 424 g/mol. The van der Waals surface area contributed by atoms with Crippen LogP contribution in [-0.2, 0) is 19.6 Å². The maximum atomic E-state index is 12.7. The molecule has 0 aliphatic heterocycles. The van der Waals surface area contributed by atoms with E-state index in [2.05, 4.69) is 24.6 Å². The number of sulfonamides is 1. The number of hydrogen-bond acceptors (Lipinski definition) is 5. The third-order valence-electron chi connectivity index (χ3n) is 5.68. The quantitative estimate of drug-likeness (QED) is 0.483. The molecular formula is C22H33NO5S. The summed E-state index contributed by atoms with van der Waals surface area (Å²) >= 11 is 0. The average Bonchev–Trinajstić information content (AvgIpc) is 2.68. The zero-order valence-corrected chi connectivity index (χ0v) is 18.8. The monoisotopic (exact) mass is 423 g/mol. The van der Waals surface area contributed by atoms with Crippen LogP contribution in [0.3, 0.4) is 0 Å². The molecule has 0 unspecified atom stereocenters. The van der Waals surface area contributed by atoms with Crippen LogP contribution < -0.4 is 9.46 Å². The lowest BCUT2D eigenvalue weighted by atomic mass is 9.70. The van der Waals surface area contributed by atoms with Crippen LogP contribution >= 0.6 is 0 Å². The maximum Gasteiger partial charge on any atom is 0.306 e. The van der Waals surface area contributed by atoms with E-state index < -0.39 is 10.0 Å². The van der Waals surface area contributed by atoms with E-state index in [1.807, 2.05) is 13.8 Å². The van der Waals surface area contributed by atoms with Crippen molar-refractivity contribution in [3.05, 3.63) is 35.9 Å². The molecule has 0 fully saturated rings. The highest BCUT2D eigenvalue weighted by molar-refractivity contribution is 7.89. The number of nitrogens with one attached hydrogen (secondary N) is 1. The summed E-state index contributed by atoms with van der Waals surface area (Å²) in [5.74, 6) is 1.34. The van der Waals surface area contributed by atoms with Gasteiger partial charge in [0.15, 0.2) is 0 Å². The van der Waals surface area contributed by atoms with Crippen molar-refractivity contribution in [3.63, 3.8) is 0 Å². The lowest BCUT2D eigenvalue weighted by Crippen LogP contribution is -2.37. The van der Waals surface area contributed by atoms with E-state index in [0.29, 0.717) is 31.2 Å². The van der Waals surface area contributed by atoms with Crippen molar-refractivity contribution >= 4 is 16.0 Å². The number of esters is 1. The summed E-state index contributed by atoms with van der Waals surface area (Å²) in [6.07, 6.45) is 3.37. The highest BCUT2D eigenvalue weighted by Crippen LogP contribution is 2.39. The Morgan fingerprint density at radius 3 is 2.45 bits per heavy atom. The molecule has 0 saturated carbocycles. The van der Waals surface area contributed by atoms with E-state index in [0.717, 1.165) is 12.0 Å². The molecule has 1 N–H and O–H groups in total. The molecule has 6 nitrogen and oxygen atoms in total. The molecular weight excluding hydrogens is 390 g/mol. The summed E-state index contributed by atoms with van der Waals surface area (Å²) in [4.78, 5) is 12.1. The van der Waals surface area contributed by atoms with Crippen LogP contribution in [0.4, 0.5) is 0 Å². The predicted octanol–water partition coefficient (Wildman–Crippen LogP) is 3.78. The number of carbonyl (C=O) groups excluding carboxylic acids is 1. The van der Waals surface area contributed by atoms with E-state index in [9.17, 15) is 13.2 Å². The Bertz CT molecular complexity index is 814. The molecule has 7 heteroatoms. The molecule has 1 aliphatic rings. The van der Waals surface area contributed by atoms with Crippen molar-refractivity contribution in [2.45, 2.75) is 45.4 Å². The van der Waals surface area contributed by atoms with Gasteiger partial charge in [0.25, 0.3) is 0 Å². The van der Waals surface area contributed by atoms with Crippen molar-refractivity contribution in [2.24, 2.45) is 23.7 Å². The van der Waals surface area contributed by atoms with Gasteiger partial charge in [-0.15, -0.1) is 0 Å². The maximum absolute atomic E-state index is 12.7. The largest absolute Gasteiger partial charge is 0.497 e. The van der Waals surface area contributed by atoms with Crippen molar-refractivity contribution in [1.82, 2.24) is 4.72 Å². The molecule has 0 aromatic heterocycles. The van der Waals surface area contributed by atoms with Crippen LogP contribution in [0.2, 0.25) is 0 Å². The number of benzene rings is 1. The lowest BCUT2D eigenvalue weighted by Gasteiger charge is -2.37. The summed E-state index contributed by atoms with van der Waals surface area (Å²) < 4.78 is 38.3. The SMILES string of the molecule is CCOC(=O)C[C@@H]1C[C@@H](C(C)C)[C@H](CNS(=O)(=O)c2ccc(OC)cc2)C=C1C. The molecule has 2 rings (SSSR count). The van der Waals surface area contributed by atoms with Gasteiger partial charge in [-0.3, -0.25) is 4.79 Å². The standard InChI is InChI=1S/C22H33NO5S/c1-6-28-22(24)13-17-12-21(15(2)3)18(11-16(17)4)14-23-29(25,26)20-9-7-19(27-5)8-10-20/h7-11,15,17-18,21,23H,6,12-14H2,1-5H3/t17-,18-,21-/m0/s1. The molecule has 0 amide bonds. The third-order valence-corrected chi connectivity index (χ3v) is 7.12. The van der Waals surface area contributed by atoms with Gasteiger partial charge in [0, 0.05) is 6.54 Å². The first kappa shape index (κ1) is 23.4. The second-order valence-corrected chi connectivity index (χ2v) is 9.72. The van der Waals surface area contributed by atoms with Gasteiger partial charge in [-0.25, -0.2) is 13.1 Å². The molecule has 29 heavy (non-hydrogen) atoms. The molecule has 162 valence electrons. The number of methoxy groups -OCH3 is 1. The lowest BCUT2D eigenvalue weighted by molar-refractivity contribution is -0.144. The molecule has 1 aliphatic carbocycles. The first-order valence-corrected chi connectivity index (χ1v) is 11.6. The number of ether oxygens (including phenoxy) is 2. The van der Waals surface area contributed by atoms with Crippen LogP contribution in [0.5, 0.6) is 5.75 Å². The minimum Gasteiger partial charge on any atom is -0.497 e. The van der Waals surface area contributed by atoms with E-state index in [-0.39, 0.29) is 28.6 Å². The van der Waals surface area contributed by atoms with Gasteiger partial charge in [-0.1, -0.05) is 25.5 Å². The zero-order chi connectivity index (χ0) is 21.6. The molecule has 1 aromatic carbocycles. The Kier molecular flexibility index (Phi) is 8.28. The van der Waals surface area contributed by atoms with Gasteiger partial charge in [0.2, 0.25) is 10.0 Å². The van der Waals surface area contributed by atoms with Crippen LogP contribution in [0, 0.1) is 23.7 Å². The van der Waals surface area contributed by atoms with E-state index >= 15 is 0 Å². The Morgan fingerprint density at radius 2 is 1.90 bits per heavy atom. The van der Waals surface area contributed by atoms with Gasteiger partial charge >= 0.3 is 5.97 Å². The Hall–Kier alpha value is -1.86. The van der Waals surface area contributed by atoms with E-state index in [1.165, 1.54) is 0 Å². The predicted molar refractivity (Wildman–Crippen MR) is 113 cm³/mol. The number of carbonyl (C=O) groups is 1. The fourth-order valence-corrected chi connectivity index (χ4v) is 5.05. The minimum atomic E-state index is -3.60. The first-order valence-electron chi connectivity index (χ1n) is 10.2. The zero-order valence-electron chi connectivity index (χ0n) is 18.0. The second kappa shape index (κ2) is 10.3. The molecule has 0 saturated heterocycles. The van der Waals surface area contributed by atoms with E-state index in [4.69, 9.17) is 9.47 Å². The van der Waals surface area contributed by atoms with Crippen LogP contribution in [0.15, 0.2) is 40.8 Å². The van der Waals surface area contributed by atoms with E-state index in [1.54, 1.807) is 31.4 Å². The Balaban J connectivity index is 2.11. The third kappa shape index (κ3) is 6.31. The topological polar surface area (TPSA) is 81.7 Å². The van der Waals surface area contributed by atoms with Crippen LogP contribution in [0.25, 0.3) is 0 Å². The van der Waals surface area contributed by atoms with Crippen molar-refractivity contribution in [3.8, 4) is 5.75 Å². The van der Waals surface area contributed by atoms with Gasteiger partial charge in [-0.05, 0) is 68.2 Å². The second-order valence-electron chi connectivity index (χ2n) is 7.95. The molecule has 0 heterocycles. The van der Waals surface area contributed by atoms with Crippen molar-refractivity contribution < 1.29 is 22.7 Å². The summed E-state index contributed by atoms with van der Waals surface area (Å²) in [5.41, 5.74) is 1.13. The Labute approximate surface area is 174 Å². The fraction of sp³-hybridized carbons (Fsp3) is 0.591. The summed E-state index contributed by atoms with van der Waals surface area (Å²) in [6, 6.07) is 6.35. The number of rotatable bonds is 9. The highest BCUT2D eigenvalue weighted by atomic mass is 32.2. The summed E-state index contributed by atoms with van der Waals surface area (Å²) in [6.45, 7) is 8.84. The molecule has 0 bridgehead atoms. The molecule has 0 radical (unpaired) electrons. The molecule has 1 aromatic rings. The van der Waals surface area contributed by atoms with Gasteiger partial charge in [0.05, 0.1) is 25.0 Å².